The number of carbonyl (C=O) groups is 1. The minimum absolute atomic E-state index is 0.0824. The molecule has 0 aliphatic carbocycles. The van der Waals surface area contributed by atoms with Crippen LogP contribution in [0.5, 0.6) is 0 Å². The normalized spacial score (nSPS) is 11.8. The summed E-state index contributed by atoms with van der Waals surface area (Å²) in [7, 11) is 1.63. The minimum atomic E-state index is -0.391. The van der Waals surface area contributed by atoms with Crippen molar-refractivity contribution >= 4 is 5.78 Å². The number of rotatable bonds is 8. The Bertz CT molecular complexity index is 396. The zero-order valence-corrected chi connectivity index (χ0v) is 12.1. The monoisotopic (exact) mass is 270 g/mol. The Morgan fingerprint density at radius 3 is 2.63 bits per heavy atom. The maximum absolute atomic E-state index is 11.8. The Kier molecular flexibility index (Phi) is 6.11. The smallest absolute Gasteiger partial charge is 0.234 e. The van der Waals surface area contributed by atoms with Gasteiger partial charge in [0.15, 0.2) is 5.82 Å². The molecule has 6 heteroatoms. The first kappa shape index (κ1) is 15.8. The van der Waals surface area contributed by atoms with Crippen LogP contribution in [0.3, 0.4) is 0 Å². The highest BCUT2D eigenvalue weighted by Crippen LogP contribution is 2.17. The summed E-state index contributed by atoms with van der Waals surface area (Å²) in [6, 6.07) is 0. The molecule has 0 fully saturated rings. The van der Waals surface area contributed by atoms with E-state index >= 15 is 0 Å². The maximum atomic E-state index is 11.8. The van der Waals surface area contributed by atoms with Crippen molar-refractivity contribution in [3.05, 3.63) is 11.7 Å². The lowest BCUT2D eigenvalue weighted by Crippen LogP contribution is -2.22. The molecule has 1 rings (SSSR count). The molecule has 0 N–H and O–H groups in total. The van der Waals surface area contributed by atoms with Gasteiger partial charge in [-0.15, -0.1) is 0 Å². The number of ketones is 1. The molecule has 0 radical (unpaired) electrons. The van der Waals surface area contributed by atoms with Gasteiger partial charge in [-0.05, 0) is 0 Å². The van der Waals surface area contributed by atoms with Crippen LogP contribution in [0.25, 0.3) is 0 Å². The van der Waals surface area contributed by atoms with Crippen LogP contribution in [0.1, 0.15) is 32.5 Å². The van der Waals surface area contributed by atoms with Crippen LogP contribution in [0.4, 0.5) is 0 Å². The fourth-order valence-corrected chi connectivity index (χ4v) is 1.27. The Hall–Kier alpha value is -1.27. The van der Waals surface area contributed by atoms with Crippen molar-refractivity contribution in [3.63, 3.8) is 0 Å². The van der Waals surface area contributed by atoms with Gasteiger partial charge < -0.3 is 14.0 Å². The second kappa shape index (κ2) is 7.35. The summed E-state index contributed by atoms with van der Waals surface area (Å²) in [6.07, 6.45) is 0.748. The fourth-order valence-electron chi connectivity index (χ4n) is 1.27. The molecule has 0 saturated carbocycles. The lowest BCUT2D eigenvalue weighted by Gasteiger charge is -2.14. The van der Waals surface area contributed by atoms with E-state index < -0.39 is 5.41 Å². The van der Waals surface area contributed by atoms with Crippen LogP contribution in [0.15, 0.2) is 4.52 Å². The van der Waals surface area contributed by atoms with Crippen LogP contribution in [-0.2, 0) is 27.1 Å². The predicted octanol–water partition coefficient (Wildman–Crippen LogP) is 1.43. The Morgan fingerprint density at radius 1 is 1.26 bits per heavy atom. The van der Waals surface area contributed by atoms with Gasteiger partial charge in [-0.3, -0.25) is 4.79 Å². The van der Waals surface area contributed by atoms with E-state index in [1.165, 1.54) is 0 Å². The van der Waals surface area contributed by atoms with Crippen molar-refractivity contribution in [2.24, 2.45) is 5.41 Å². The Balaban J connectivity index is 2.34. The number of ether oxygens (including phenoxy) is 2. The van der Waals surface area contributed by atoms with Crippen molar-refractivity contribution < 1.29 is 18.8 Å². The largest absolute Gasteiger partial charge is 0.382 e. The number of hydrogen-bond acceptors (Lipinski definition) is 6. The summed E-state index contributed by atoms with van der Waals surface area (Å²) in [6.45, 7) is 7.24. The summed E-state index contributed by atoms with van der Waals surface area (Å²) in [5.74, 6) is 1.01. The molecule has 1 aromatic heterocycles. The van der Waals surface area contributed by atoms with Crippen molar-refractivity contribution in [1.82, 2.24) is 10.1 Å². The molecule has 0 bridgehead atoms. The molecule has 0 aromatic carbocycles. The van der Waals surface area contributed by atoms with Gasteiger partial charge in [0.1, 0.15) is 5.78 Å². The fraction of sp³-hybridized carbons (Fsp3) is 0.769. The van der Waals surface area contributed by atoms with Crippen LogP contribution in [0, 0.1) is 5.41 Å². The molecule has 0 saturated heterocycles. The molecule has 0 atom stereocenters. The highest BCUT2D eigenvalue weighted by molar-refractivity contribution is 5.84. The molecule has 1 aromatic rings. The number of hydrogen-bond donors (Lipinski definition) is 0. The third-order valence-corrected chi connectivity index (χ3v) is 2.56. The van der Waals surface area contributed by atoms with Crippen LogP contribution in [0.2, 0.25) is 0 Å². The zero-order valence-electron chi connectivity index (χ0n) is 12.1. The average molecular weight is 270 g/mol. The molecule has 1 heterocycles. The standard InChI is InChI=1S/C13H22N2O4/c1-13(2,3)10(16)9-12-14-11(15-19-12)5-6-18-8-7-17-4/h5-9H2,1-4H3. The first-order chi connectivity index (χ1) is 8.93. The summed E-state index contributed by atoms with van der Waals surface area (Å²) < 4.78 is 15.2. The van der Waals surface area contributed by atoms with Gasteiger partial charge in [0, 0.05) is 18.9 Å². The van der Waals surface area contributed by atoms with Gasteiger partial charge in [0.25, 0.3) is 0 Å². The van der Waals surface area contributed by atoms with E-state index in [0.29, 0.717) is 38.0 Å². The summed E-state index contributed by atoms with van der Waals surface area (Å²) in [5.41, 5.74) is -0.391. The molecule has 6 nitrogen and oxygen atoms in total. The number of Topliss-reactive ketones (excluding diaryl/α,β-unsaturated/α-hetero) is 1. The molecular weight excluding hydrogens is 248 g/mol. The average Bonchev–Trinajstić information content (AvgIpc) is 2.75. The third-order valence-electron chi connectivity index (χ3n) is 2.56. The minimum Gasteiger partial charge on any atom is -0.382 e. The lowest BCUT2D eigenvalue weighted by molar-refractivity contribution is -0.125. The molecule has 19 heavy (non-hydrogen) atoms. The summed E-state index contributed by atoms with van der Waals surface area (Å²) >= 11 is 0. The second-order valence-corrected chi connectivity index (χ2v) is 5.31. The molecule has 108 valence electrons. The van der Waals surface area contributed by atoms with Crippen molar-refractivity contribution in [1.29, 1.82) is 0 Å². The van der Waals surface area contributed by atoms with Gasteiger partial charge in [-0.1, -0.05) is 25.9 Å². The van der Waals surface area contributed by atoms with E-state index in [1.807, 2.05) is 20.8 Å². The Labute approximate surface area is 113 Å². The van der Waals surface area contributed by atoms with Crippen LogP contribution >= 0.6 is 0 Å². The number of carbonyl (C=O) groups excluding carboxylic acids is 1. The third kappa shape index (κ3) is 5.94. The number of methoxy groups -OCH3 is 1. The van der Waals surface area contributed by atoms with Crippen molar-refractivity contribution in [2.75, 3.05) is 26.9 Å². The van der Waals surface area contributed by atoms with Gasteiger partial charge in [-0.25, -0.2) is 0 Å². The molecule has 0 amide bonds. The Morgan fingerprint density at radius 2 is 2.00 bits per heavy atom. The SMILES string of the molecule is COCCOCCc1noc(CC(=O)C(C)(C)C)n1. The van der Waals surface area contributed by atoms with Gasteiger partial charge in [0.2, 0.25) is 5.89 Å². The molecule has 0 unspecified atom stereocenters. The highest BCUT2D eigenvalue weighted by Gasteiger charge is 2.23. The summed E-state index contributed by atoms with van der Waals surface area (Å²) in [4.78, 5) is 16.0. The number of nitrogens with zero attached hydrogens (tertiary/aromatic N) is 2. The van der Waals surface area contributed by atoms with Crippen LogP contribution < -0.4 is 0 Å². The summed E-state index contributed by atoms with van der Waals surface area (Å²) in [5, 5.41) is 3.82. The maximum Gasteiger partial charge on any atom is 0.234 e. The van der Waals surface area contributed by atoms with Gasteiger partial charge in [0.05, 0.1) is 26.2 Å². The predicted molar refractivity (Wildman–Crippen MR) is 68.9 cm³/mol. The first-order valence-corrected chi connectivity index (χ1v) is 6.35. The van der Waals surface area contributed by atoms with E-state index in [1.54, 1.807) is 7.11 Å². The topological polar surface area (TPSA) is 74.5 Å². The highest BCUT2D eigenvalue weighted by atomic mass is 16.5. The molecule has 0 spiro atoms. The van der Waals surface area contributed by atoms with E-state index in [4.69, 9.17) is 14.0 Å². The molecular formula is C13H22N2O4. The van der Waals surface area contributed by atoms with Crippen molar-refractivity contribution in [3.8, 4) is 0 Å². The van der Waals surface area contributed by atoms with Gasteiger partial charge >= 0.3 is 0 Å². The van der Waals surface area contributed by atoms with Crippen LogP contribution in [-0.4, -0.2) is 42.9 Å². The molecule has 0 aliphatic rings. The van der Waals surface area contributed by atoms with E-state index in [0.717, 1.165) is 0 Å². The quantitative estimate of drug-likeness (QED) is 0.665. The van der Waals surface area contributed by atoms with Gasteiger partial charge in [-0.2, -0.15) is 4.98 Å². The van der Waals surface area contributed by atoms with E-state index in [9.17, 15) is 4.79 Å². The molecule has 0 aliphatic heterocycles. The van der Waals surface area contributed by atoms with E-state index in [-0.39, 0.29) is 12.2 Å². The second-order valence-electron chi connectivity index (χ2n) is 5.31. The number of aromatic nitrogens is 2. The lowest BCUT2D eigenvalue weighted by atomic mass is 9.89. The van der Waals surface area contributed by atoms with Crippen molar-refractivity contribution in [2.45, 2.75) is 33.6 Å². The first-order valence-electron chi connectivity index (χ1n) is 6.35. The zero-order chi connectivity index (χ0) is 14.3. The van der Waals surface area contributed by atoms with E-state index in [2.05, 4.69) is 10.1 Å².